The third-order valence-corrected chi connectivity index (χ3v) is 7.03. The molecule has 35 heavy (non-hydrogen) atoms. The SMILES string of the molecule is CCCN(C)C(=O)c1nn(C(C)(C)C)c(Oc2ccc([N+](=O)[O-])cc2S(=O)(=O)NC(C)CC)c1C. The fraction of sp³-hybridized carbons (Fsp3) is 0.565. The molecule has 0 aliphatic heterocycles. The van der Waals surface area contributed by atoms with Gasteiger partial charge in [0.05, 0.1) is 10.5 Å². The molecule has 0 bridgehead atoms. The van der Waals surface area contributed by atoms with Gasteiger partial charge in [-0.2, -0.15) is 5.10 Å². The number of ether oxygens (including phenoxy) is 1. The molecule has 1 aromatic carbocycles. The van der Waals surface area contributed by atoms with Crippen LogP contribution in [-0.4, -0.2) is 53.6 Å². The Balaban J connectivity index is 2.70. The van der Waals surface area contributed by atoms with Crippen molar-refractivity contribution in [3.05, 3.63) is 39.6 Å². The topological polar surface area (TPSA) is 137 Å². The molecule has 11 nitrogen and oxygen atoms in total. The van der Waals surface area contributed by atoms with Gasteiger partial charge in [-0.05, 0) is 53.5 Å². The molecule has 0 fully saturated rings. The van der Waals surface area contributed by atoms with E-state index in [4.69, 9.17) is 4.74 Å². The van der Waals surface area contributed by atoms with Crippen LogP contribution >= 0.6 is 0 Å². The number of nitrogens with zero attached hydrogens (tertiary/aromatic N) is 4. The molecule has 0 saturated heterocycles. The molecule has 1 heterocycles. The number of aromatic nitrogens is 2. The number of non-ortho nitro benzene ring substituents is 1. The first-order chi connectivity index (χ1) is 16.1. The molecule has 0 saturated carbocycles. The summed E-state index contributed by atoms with van der Waals surface area (Å²) in [5, 5.41) is 15.9. The molecular weight excluding hydrogens is 474 g/mol. The smallest absolute Gasteiger partial charge is 0.274 e. The molecule has 2 aromatic rings. The predicted molar refractivity (Wildman–Crippen MR) is 132 cm³/mol. The van der Waals surface area contributed by atoms with E-state index in [1.165, 1.54) is 16.8 Å². The first kappa shape index (κ1) is 28.2. The number of carbonyl (C=O) groups excluding carboxylic acids is 1. The molecule has 0 spiro atoms. The third kappa shape index (κ3) is 6.37. The van der Waals surface area contributed by atoms with Crippen molar-refractivity contribution in [1.29, 1.82) is 0 Å². The number of rotatable bonds is 10. The van der Waals surface area contributed by atoms with Crippen molar-refractivity contribution in [2.24, 2.45) is 0 Å². The molecule has 0 radical (unpaired) electrons. The van der Waals surface area contributed by atoms with E-state index in [9.17, 15) is 23.3 Å². The van der Waals surface area contributed by atoms with Crippen molar-refractivity contribution >= 4 is 21.6 Å². The monoisotopic (exact) mass is 509 g/mol. The molecule has 1 amide bonds. The highest BCUT2D eigenvalue weighted by atomic mass is 32.2. The second-order valence-corrected chi connectivity index (χ2v) is 11.2. The quantitative estimate of drug-likeness (QED) is 0.374. The van der Waals surface area contributed by atoms with Crippen LogP contribution in [0.5, 0.6) is 11.6 Å². The maximum absolute atomic E-state index is 13.1. The Labute approximate surface area is 206 Å². The van der Waals surface area contributed by atoms with Crippen molar-refractivity contribution in [1.82, 2.24) is 19.4 Å². The fourth-order valence-corrected chi connectivity index (χ4v) is 4.77. The average molecular weight is 510 g/mol. The Hall–Kier alpha value is -2.99. The molecule has 12 heteroatoms. The predicted octanol–water partition coefficient (Wildman–Crippen LogP) is 4.21. The largest absolute Gasteiger partial charge is 0.438 e. The Morgan fingerprint density at radius 3 is 2.46 bits per heavy atom. The van der Waals surface area contributed by atoms with Gasteiger partial charge in [0.2, 0.25) is 15.9 Å². The normalized spacial score (nSPS) is 12.9. The zero-order valence-electron chi connectivity index (χ0n) is 21.6. The van der Waals surface area contributed by atoms with Crippen molar-refractivity contribution in [2.75, 3.05) is 13.6 Å². The van der Waals surface area contributed by atoms with Gasteiger partial charge >= 0.3 is 0 Å². The highest BCUT2D eigenvalue weighted by Gasteiger charge is 2.31. The Morgan fingerprint density at radius 2 is 1.94 bits per heavy atom. The Kier molecular flexibility index (Phi) is 8.66. The molecular formula is C23H35N5O6S. The van der Waals surface area contributed by atoms with Gasteiger partial charge in [0.1, 0.15) is 10.6 Å². The number of hydrogen-bond acceptors (Lipinski definition) is 7. The lowest BCUT2D eigenvalue weighted by Crippen LogP contribution is -2.32. The zero-order chi connectivity index (χ0) is 26.7. The lowest BCUT2D eigenvalue weighted by atomic mass is 10.1. The van der Waals surface area contributed by atoms with Crippen LogP contribution < -0.4 is 9.46 Å². The van der Waals surface area contributed by atoms with E-state index in [1.807, 2.05) is 34.6 Å². The number of nitro groups is 1. The van der Waals surface area contributed by atoms with Crippen LogP contribution in [0.3, 0.4) is 0 Å². The van der Waals surface area contributed by atoms with E-state index in [0.717, 1.165) is 12.5 Å². The summed E-state index contributed by atoms with van der Waals surface area (Å²) in [5.74, 6) is -0.215. The average Bonchev–Trinajstić information content (AvgIpc) is 3.09. The lowest BCUT2D eigenvalue weighted by Gasteiger charge is -2.23. The number of nitrogens with one attached hydrogen (secondary N) is 1. The molecule has 1 unspecified atom stereocenters. The second kappa shape index (κ2) is 10.7. The highest BCUT2D eigenvalue weighted by Crippen LogP contribution is 2.37. The van der Waals surface area contributed by atoms with Crippen molar-refractivity contribution in [3.8, 4) is 11.6 Å². The van der Waals surface area contributed by atoms with E-state index >= 15 is 0 Å². The molecule has 1 atom stereocenters. The van der Waals surface area contributed by atoms with Gasteiger partial charge in [0.15, 0.2) is 5.69 Å². The van der Waals surface area contributed by atoms with Gasteiger partial charge in [0, 0.05) is 37.3 Å². The Bertz CT molecular complexity index is 1200. The standard InChI is InChI=1S/C23H35N5O6S/c1-9-13-26(8)21(29)20-16(4)22(27(24-20)23(5,6)7)34-18-12-11-17(28(30)31)14-19(18)35(32,33)25-15(3)10-2/h11-12,14-15,25H,9-10,13H2,1-8H3. The maximum atomic E-state index is 13.1. The number of benzene rings is 1. The van der Waals surface area contributed by atoms with E-state index in [1.54, 1.807) is 25.8 Å². The summed E-state index contributed by atoms with van der Waals surface area (Å²) in [4.78, 5) is 24.9. The summed E-state index contributed by atoms with van der Waals surface area (Å²) in [6.07, 6.45) is 1.30. The summed E-state index contributed by atoms with van der Waals surface area (Å²) in [6.45, 7) is 13.3. The molecule has 1 N–H and O–H groups in total. The fourth-order valence-electron chi connectivity index (χ4n) is 3.30. The summed E-state index contributed by atoms with van der Waals surface area (Å²) < 4.78 is 36.4. The van der Waals surface area contributed by atoms with Gasteiger partial charge < -0.3 is 9.64 Å². The highest BCUT2D eigenvalue weighted by molar-refractivity contribution is 7.89. The van der Waals surface area contributed by atoms with E-state index < -0.39 is 26.5 Å². The van der Waals surface area contributed by atoms with Crippen LogP contribution in [0.2, 0.25) is 0 Å². The minimum absolute atomic E-state index is 0.110. The van der Waals surface area contributed by atoms with Crippen LogP contribution in [0.4, 0.5) is 5.69 Å². The molecule has 194 valence electrons. The van der Waals surface area contributed by atoms with Gasteiger partial charge in [0.25, 0.3) is 11.6 Å². The zero-order valence-corrected chi connectivity index (χ0v) is 22.4. The van der Waals surface area contributed by atoms with Crippen LogP contribution in [0, 0.1) is 17.0 Å². The molecule has 2 rings (SSSR count). The molecule has 1 aromatic heterocycles. The van der Waals surface area contributed by atoms with Gasteiger partial charge in [-0.1, -0.05) is 13.8 Å². The number of nitro benzene ring substituents is 1. The van der Waals surface area contributed by atoms with Gasteiger partial charge in [-0.3, -0.25) is 14.9 Å². The second-order valence-electron chi connectivity index (χ2n) is 9.51. The van der Waals surface area contributed by atoms with Crippen molar-refractivity contribution < 1.29 is 22.9 Å². The number of amides is 1. The molecule has 0 aliphatic rings. The summed E-state index contributed by atoms with van der Waals surface area (Å²) >= 11 is 0. The first-order valence-electron chi connectivity index (χ1n) is 11.5. The number of carbonyl (C=O) groups is 1. The van der Waals surface area contributed by atoms with Crippen LogP contribution in [0.25, 0.3) is 0 Å². The maximum Gasteiger partial charge on any atom is 0.274 e. The van der Waals surface area contributed by atoms with E-state index in [2.05, 4.69) is 9.82 Å². The van der Waals surface area contributed by atoms with Gasteiger partial charge in [-0.25, -0.2) is 17.8 Å². The lowest BCUT2D eigenvalue weighted by molar-refractivity contribution is -0.385. The first-order valence-corrected chi connectivity index (χ1v) is 13.0. The summed E-state index contributed by atoms with van der Waals surface area (Å²) in [5.41, 5.74) is -0.379. The summed E-state index contributed by atoms with van der Waals surface area (Å²) in [6, 6.07) is 2.99. The van der Waals surface area contributed by atoms with Crippen LogP contribution in [0.15, 0.2) is 23.1 Å². The van der Waals surface area contributed by atoms with Crippen LogP contribution in [-0.2, 0) is 15.6 Å². The minimum Gasteiger partial charge on any atom is -0.438 e. The van der Waals surface area contributed by atoms with Crippen molar-refractivity contribution in [2.45, 2.75) is 77.8 Å². The van der Waals surface area contributed by atoms with Gasteiger partial charge in [-0.15, -0.1) is 0 Å². The number of sulfonamides is 1. The summed E-state index contributed by atoms with van der Waals surface area (Å²) in [7, 11) is -2.47. The van der Waals surface area contributed by atoms with E-state index in [-0.39, 0.29) is 33.8 Å². The van der Waals surface area contributed by atoms with Crippen molar-refractivity contribution in [3.63, 3.8) is 0 Å². The van der Waals surface area contributed by atoms with E-state index in [0.29, 0.717) is 18.5 Å². The van der Waals surface area contributed by atoms with Crippen LogP contribution in [0.1, 0.15) is 70.4 Å². The Morgan fingerprint density at radius 1 is 1.31 bits per heavy atom. The molecule has 0 aliphatic carbocycles. The third-order valence-electron chi connectivity index (χ3n) is 5.42. The number of hydrogen-bond donors (Lipinski definition) is 1. The minimum atomic E-state index is -4.15.